The molecule has 0 aliphatic rings. The number of carbonyl (C=O) groups excluding carboxylic acids is 2. The van der Waals surface area contributed by atoms with E-state index in [2.05, 4.69) is 17.2 Å². The minimum absolute atomic E-state index is 0.117. The maximum Gasteiger partial charge on any atom is 0.326 e. The third kappa shape index (κ3) is 5.88. The zero-order valence-electron chi connectivity index (χ0n) is 10.6. The molecule has 0 spiro atoms. The highest BCUT2D eigenvalue weighted by Gasteiger charge is 2.18. The summed E-state index contributed by atoms with van der Waals surface area (Å²) in [4.78, 5) is 34.9. The van der Waals surface area contributed by atoms with Crippen LogP contribution >= 0.6 is 0 Å². The molecular formula is C11H19N3O4. The van der Waals surface area contributed by atoms with Crippen LogP contribution in [0.3, 0.4) is 0 Å². The van der Waals surface area contributed by atoms with E-state index in [0.717, 1.165) is 0 Å². The Balaban J connectivity index is 4.13. The van der Waals surface area contributed by atoms with Gasteiger partial charge in [-0.1, -0.05) is 6.08 Å². The first-order chi connectivity index (χ1) is 8.42. The largest absolute Gasteiger partial charge is 0.480 e. The van der Waals surface area contributed by atoms with Gasteiger partial charge in [0, 0.05) is 13.6 Å². The topological polar surface area (TPSA) is 98.7 Å². The molecule has 7 heteroatoms. The molecule has 0 aromatic carbocycles. The van der Waals surface area contributed by atoms with E-state index < -0.39 is 18.0 Å². The second-order valence-corrected chi connectivity index (χ2v) is 3.65. The van der Waals surface area contributed by atoms with Crippen molar-refractivity contribution in [3.8, 4) is 0 Å². The van der Waals surface area contributed by atoms with Crippen LogP contribution in [0.15, 0.2) is 12.7 Å². The second-order valence-electron chi connectivity index (χ2n) is 3.65. The summed E-state index contributed by atoms with van der Waals surface area (Å²) in [6.45, 7) is 5.58. The lowest BCUT2D eigenvalue weighted by Crippen LogP contribution is -2.48. The quantitative estimate of drug-likeness (QED) is 0.550. The molecule has 0 saturated heterocycles. The molecule has 0 rings (SSSR count). The number of urea groups is 1. The maximum atomic E-state index is 11.4. The van der Waals surface area contributed by atoms with Crippen LogP contribution in [-0.4, -0.2) is 54.1 Å². The lowest BCUT2D eigenvalue weighted by atomic mass is 10.2. The van der Waals surface area contributed by atoms with Gasteiger partial charge in [-0.15, -0.1) is 6.58 Å². The minimum atomic E-state index is -1.15. The molecule has 0 radical (unpaired) electrons. The van der Waals surface area contributed by atoms with E-state index in [1.807, 2.05) is 6.92 Å². The van der Waals surface area contributed by atoms with E-state index in [-0.39, 0.29) is 18.9 Å². The molecule has 18 heavy (non-hydrogen) atoms. The molecule has 0 fully saturated rings. The van der Waals surface area contributed by atoms with Crippen molar-refractivity contribution < 1.29 is 19.5 Å². The van der Waals surface area contributed by atoms with Gasteiger partial charge in [0.05, 0.1) is 6.54 Å². The van der Waals surface area contributed by atoms with Crippen LogP contribution in [0.2, 0.25) is 0 Å². The van der Waals surface area contributed by atoms with Crippen molar-refractivity contribution in [1.82, 2.24) is 15.5 Å². The van der Waals surface area contributed by atoms with Crippen LogP contribution < -0.4 is 10.6 Å². The van der Waals surface area contributed by atoms with Gasteiger partial charge in [-0.3, -0.25) is 4.79 Å². The monoisotopic (exact) mass is 257 g/mol. The number of likely N-dealkylation sites (N-methyl/N-ethyl adjacent to an activating group) is 1. The van der Waals surface area contributed by atoms with Crippen LogP contribution in [-0.2, 0) is 9.59 Å². The molecule has 0 aromatic rings. The molecular weight excluding hydrogens is 238 g/mol. The number of carboxylic acid groups (broad SMARTS) is 1. The molecule has 0 bridgehead atoms. The number of nitrogens with one attached hydrogen (secondary N) is 2. The first-order valence-corrected chi connectivity index (χ1v) is 5.54. The van der Waals surface area contributed by atoms with Crippen LogP contribution in [0.1, 0.15) is 13.3 Å². The van der Waals surface area contributed by atoms with E-state index in [1.54, 1.807) is 7.05 Å². The average molecular weight is 257 g/mol. The van der Waals surface area contributed by atoms with Gasteiger partial charge >= 0.3 is 12.0 Å². The highest BCUT2D eigenvalue weighted by atomic mass is 16.4. The molecule has 0 saturated carbocycles. The highest BCUT2D eigenvalue weighted by molar-refractivity contribution is 5.86. The summed E-state index contributed by atoms with van der Waals surface area (Å²) in [5.41, 5.74) is 0. The molecule has 0 heterocycles. The predicted octanol–water partition coefficient (Wildman–Crippen LogP) is -0.207. The SMILES string of the molecule is C=CCC(NC(=O)NCC(=O)N(C)CC)C(=O)O. The Morgan fingerprint density at radius 3 is 2.50 bits per heavy atom. The second kappa shape index (κ2) is 8.10. The molecule has 3 amide bonds. The lowest BCUT2D eigenvalue weighted by molar-refractivity contribution is -0.139. The number of rotatable bonds is 7. The Morgan fingerprint density at radius 1 is 1.44 bits per heavy atom. The first kappa shape index (κ1) is 16.0. The van der Waals surface area contributed by atoms with Gasteiger partial charge in [-0.2, -0.15) is 0 Å². The fourth-order valence-electron chi connectivity index (χ4n) is 1.06. The smallest absolute Gasteiger partial charge is 0.326 e. The van der Waals surface area contributed by atoms with Gasteiger partial charge in [0.25, 0.3) is 0 Å². The van der Waals surface area contributed by atoms with Crippen molar-refractivity contribution in [1.29, 1.82) is 0 Å². The predicted molar refractivity (Wildman–Crippen MR) is 66.1 cm³/mol. The summed E-state index contributed by atoms with van der Waals surface area (Å²) in [6.07, 6.45) is 1.51. The molecule has 0 aliphatic carbocycles. The fraction of sp³-hybridized carbons (Fsp3) is 0.545. The van der Waals surface area contributed by atoms with Gasteiger partial charge in [0.2, 0.25) is 5.91 Å². The fourth-order valence-corrected chi connectivity index (χ4v) is 1.06. The zero-order chi connectivity index (χ0) is 14.1. The minimum Gasteiger partial charge on any atom is -0.480 e. The molecule has 0 aromatic heterocycles. The van der Waals surface area contributed by atoms with E-state index in [4.69, 9.17) is 5.11 Å². The average Bonchev–Trinajstić information content (AvgIpc) is 2.34. The van der Waals surface area contributed by atoms with Crippen molar-refractivity contribution >= 4 is 17.9 Å². The lowest BCUT2D eigenvalue weighted by Gasteiger charge is -2.16. The Morgan fingerprint density at radius 2 is 2.06 bits per heavy atom. The van der Waals surface area contributed by atoms with Crippen molar-refractivity contribution in [3.05, 3.63) is 12.7 Å². The van der Waals surface area contributed by atoms with Gasteiger partial charge in [-0.05, 0) is 13.3 Å². The molecule has 1 atom stereocenters. The van der Waals surface area contributed by atoms with E-state index >= 15 is 0 Å². The number of hydrogen-bond acceptors (Lipinski definition) is 3. The van der Waals surface area contributed by atoms with Crippen LogP contribution in [0.4, 0.5) is 4.79 Å². The number of amides is 3. The molecule has 3 N–H and O–H groups in total. The third-order valence-corrected chi connectivity index (χ3v) is 2.31. The number of aliphatic carboxylic acids is 1. The van der Waals surface area contributed by atoms with Crippen molar-refractivity contribution in [2.75, 3.05) is 20.1 Å². The maximum absolute atomic E-state index is 11.4. The summed E-state index contributed by atoms with van der Waals surface area (Å²) >= 11 is 0. The molecule has 102 valence electrons. The first-order valence-electron chi connectivity index (χ1n) is 5.54. The van der Waals surface area contributed by atoms with Crippen molar-refractivity contribution in [3.63, 3.8) is 0 Å². The number of nitrogens with zero attached hydrogens (tertiary/aromatic N) is 1. The van der Waals surface area contributed by atoms with Crippen LogP contribution in [0, 0.1) is 0 Å². The normalized spacial score (nSPS) is 11.2. The summed E-state index contributed by atoms with van der Waals surface area (Å²) < 4.78 is 0. The Hall–Kier alpha value is -2.05. The van der Waals surface area contributed by atoms with E-state index in [9.17, 15) is 14.4 Å². The zero-order valence-corrected chi connectivity index (χ0v) is 10.6. The number of carbonyl (C=O) groups is 3. The van der Waals surface area contributed by atoms with Crippen molar-refractivity contribution in [2.24, 2.45) is 0 Å². The number of hydrogen-bond donors (Lipinski definition) is 3. The van der Waals surface area contributed by atoms with E-state index in [1.165, 1.54) is 11.0 Å². The van der Waals surface area contributed by atoms with Crippen molar-refractivity contribution in [2.45, 2.75) is 19.4 Å². The Kier molecular flexibility index (Phi) is 7.18. The van der Waals surface area contributed by atoms with Crippen LogP contribution in [0.25, 0.3) is 0 Å². The van der Waals surface area contributed by atoms with Gasteiger partial charge in [0.15, 0.2) is 0 Å². The summed E-state index contributed by atoms with van der Waals surface area (Å²) in [7, 11) is 1.61. The number of carboxylic acids is 1. The molecule has 7 nitrogen and oxygen atoms in total. The summed E-state index contributed by atoms with van der Waals surface area (Å²) in [6, 6.07) is -1.73. The van der Waals surface area contributed by atoms with Gasteiger partial charge in [0.1, 0.15) is 6.04 Å². The third-order valence-electron chi connectivity index (χ3n) is 2.31. The molecule has 1 unspecified atom stereocenters. The Labute approximate surface area is 106 Å². The highest BCUT2D eigenvalue weighted by Crippen LogP contribution is 1.92. The standard InChI is InChI=1S/C11H19N3O4/c1-4-6-8(10(16)17)13-11(18)12-7-9(15)14(3)5-2/h4,8H,1,5-7H2,2-3H3,(H,16,17)(H2,12,13,18). The van der Waals surface area contributed by atoms with Gasteiger partial charge < -0.3 is 20.6 Å². The molecule has 0 aliphatic heterocycles. The summed E-state index contributed by atoms with van der Waals surface area (Å²) in [5.74, 6) is -1.40. The van der Waals surface area contributed by atoms with Gasteiger partial charge in [-0.25, -0.2) is 9.59 Å². The van der Waals surface area contributed by atoms with E-state index in [0.29, 0.717) is 6.54 Å². The summed E-state index contributed by atoms with van der Waals surface area (Å²) in [5, 5.41) is 13.3. The van der Waals surface area contributed by atoms with Crippen LogP contribution in [0.5, 0.6) is 0 Å². The Bertz CT molecular complexity index is 330.